The number of hydrogen-bond donors (Lipinski definition) is 1. The highest BCUT2D eigenvalue weighted by atomic mass is 35.5. The van der Waals surface area contributed by atoms with Crippen molar-refractivity contribution in [2.45, 2.75) is 38.6 Å². The Bertz CT molecular complexity index is 821. The van der Waals surface area contributed by atoms with E-state index in [4.69, 9.17) is 16.3 Å². The van der Waals surface area contributed by atoms with Gasteiger partial charge in [0.05, 0.1) is 12.6 Å². The molecule has 1 unspecified atom stereocenters. The standard InChI is InChI=1S/C23H27ClN2O3/c1-2-29-20-13-9-17(10-14-20)21-5-4-16-26(21)22(27)6-3-15-25-23(28)18-7-11-19(24)12-8-18/h7-14,21H,2-6,15-16H2,1H3,(H,25,28). The molecule has 1 aliphatic rings. The quantitative estimate of drug-likeness (QED) is 0.641. The molecule has 0 radical (unpaired) electrons. The van der Waals surface area contributed by atoms with Gasteiger partial charge in [0.25, 0.3) is 5.91 Å². The lowest BCUT2D eigenvalue weighted by atomic mass is 10.0. The number of hydrogen-bond acceptors (Lipinski definition) is 3. The van der Waals surface area contributed by atoms with Crippen molar-refractivity contribution < 1.29 is 14.3 Å². The van der Waals surface area contributed by atoms with Crippen LogP contribution in [0.5, 0.6) is 5.75 Å². The zero-order chi connectivity index (χ0) is 20.6. The number of carbonyl (C=O) groups excluding carboxylic acids is 2. The van der Waals surface area contributed by atoms with Crippen LogP contribution in [0, 0.1) is 0 Å². The minimum absolute atomic E-state index is 0.127. The van der Waals surface area contributed by atoms with E-state index in [2.05, 4.69) is 5.32 Å². The first-order valence-corrected chi connectivity index (χ1v) is 10.5. The van der Waals surface area contributed by atoms with Crippen LogP contribution in [0.3, 0.4) is 0 Å². The monoisotopic (exact) mass is 414 g/mol. The average Bonchev–Trinajstić information content (AvgIpc) is 3.22. The summed E-state index contributed by atoms with van der Waals surface area (Å²) in [6.45, 7) is 3.85. The van der Waals surface area contributed by atoms with Crippen molar-refractivity contribution in [2.24, 2.45) is 0 Å². The maximum atomic E-state index is 12.7. The molecule has 1 atom stereocenters. The van der Waals surface area contributed by atoms with Crippen molar-refractivity contribution in [3.8, 4) is 5.75 Å². The van der Waals surface area contributed by atoms with Crippen LogP contribution in [-0.4, -0.2) is 36.4 Å². The van der Waals surface area contributed by atoms with Crippen LogP contribution in [0.15, 0.2) is 48.5 Å². The van der Waals surface area contributed by atoms with Crippen LogP contribution in [-0.2, 0) is 4.79 Å². The maximum absolute atomic E-state index is 12.7. The summed E-state index contributed by atoms with van der Waals surface area (Å²) < 4.78 is 5.50. The predicted molar refractivity (Wildman–Crippen MR) is 114 cm³/mol. The van der Waals surface area contributed by atoms with E-state index in [-0.39, 0.29) is 17.9 Å². The molecule has 0 saturated carbocycles. The Labute approximate surface area is 177 Å². The van der Waals surface area contributed by atoms with E-state index < -0.39 is 0 Å². The molecular formula is C23H27ClN2O3. The summed E-state index contributed by atoms with van der Waals surface area (Å²) in [6, 6.07) is 14.9. The van der Waals surface area contributed by atoms with Gasteiger partial charge in [0.15, 0.2) is 0 Å². The van der Waals surface area contributed by atoms with E-state index in [0.29, 0.717) is 36.6 Å². The van der Waals surface area contributed by atoms with Gasteiger partial charge < -0.3 is 15.0 Å². The molecule has 154 valence electrons. The fourth-order valence-electron chi connectivity index (χ4n) is 3.65. The Morgan fingerprint density at radius 3 is 2.55 bits per heavy atom. The lowest BCUT2D eigenvalue weighted by Gasteiger charge is -2.25. The maximum Gasteiger partial charge on any atom is 0.251 e. The normalized spacial score (nSPS) is 15.9. The third kappa shape index (κ3) is 5.73. The number of benzene rings is 2. The van der Waals surface area contributed by atoms with Gasteiger partial charge in [-0.1, -0.05) is 23.7 Å². The average molecular weight is 415 g/mol. The molecule has 0 bridgehead atoms. The van der Waals surface area contributed by atoms with Crippen LogP contribution in [0.4, 0.5) is 0 Å². The Morgan fingerprint density at radius 2 is 1.86 bits per heavy atom. The number of carbonyl (C=O) groups is 2. The number of halogens is 1. The number of likely N-dealkylation sites (tertiary alicyclic amines) is 1. The lowest BCUT2D eigenvalue weighted by Crippen LogP contribution is -2.31. The molecule has 6 heteroatoms. The predicted octanol–water partition coefficient (Wildman–Crippen LogP) is 4.61. The SMILES string of the molecule is CCOc1ccc(C2CCCN2C(=O)CCCNC(=O)c2ccc(Cl)cc2)cc1. The van der Waals surface area contributed by atoms with Gasteiger partial charge in [-0.25, -0.2) is 0 Å². The Hall–Kier alpha value is -2.53. The summed E-state index contributed by atoms with van der Waals surface area (Å²) in [5.74, 6) is 0.841. The Morgan fingerprint density at radius 1 is 1.14 bits per heavy atom. The van der Waals surface area contributed by atoms with Gasteiger partial charge in [-0.05, 0) is 68.1 Å². The highest BCUT2D eigenvalue weighted by molar-refractivity contribution is 6.30. The number of nitrogens with one attached hydrogen (secondary N) is 1. The number of rotatable bonds is 8. The molecule has 1 fully saturated rings. The largest absolute Gasteiger partial charge is 0.494 e. The molecule has 0 aliphatic carbocycles. The zero-order valence-electron chi connectivity index (χ0n) is 16.7. The highest BCUT2D eigenvalue weighted by Crippen LogP contribution is 2.33. The topological polar surface area (TPSA) is 58.6 Å². The number of nitrogens with zero attached hydrogens (tertiary/aromatic N) is 1. The van der Waals surface area contributed by atoms with E-state index in [0.717, 1.165) is 30.7 Å². The third-order valence-electron chi connectivity index (χ3n) is 5.11. The second-order valence-corrected chi connectivity index (χ2v) is 7.55. The Kier molecular flexibility index (Phi) is 7.53. The van der Waals surface area contributed by atoms with E-state index in [1.807, 2.05) is 36.1 Å². The van der Waals surface area contributed by atoms with E-state index >= 15 is 0 Å². The second kappa shape index (κ2) is 10.3. The van der Waals surface area contributed by atoms with E-state index in [1.54, 1.807) is 24.3 Å². The minimum Gasteiger partial charge on any atom is -0.494 e. The molecule has 2 aromatic carbocycles. The molecule has 0 aromatic heterocycles. The summed E-state index contributed by atoms with van der Waals surface area (Å²) in [4.78, 5) is 26.8. The van der Waals surface area contributed by atoms with Crippen LogP contribution in [0.1, 0.15) is 54.6 Å². The van der Waals surface area contributed by atoms with Gasteiger partial charge in [0, 0.05) is 30.1 Å². The molecule has 29 heavy (non-hydrogen) atoms. The first-order chi connectivity index (χ1) is 14.1. The molecule has 3 rings (SSSR count). The molecule has 1 N–H and O–H groups in total. The second-order valence-electron chi connectivity index (χ2n) is 7.11. The zero-order valence-corrected chi connectivity index (χ0v) is 17.5. The van der Waals surface area contributed by atoms with Gasteiger partial charge in [0.2, 0.25) is 5.91 Å². The molecular weight excluding hydrogens is 388 g/mol. The fraction of sp³-hybridized carbons (Fsp3) is 0.391. The summed E-state index contributed by atoms with van der Waals surface area (Å²) in [5.41, 5.74) is 1.71. The summed E-state index contributed by atoms with van der Waals surface area (Å²) in [5, 5.41) is 3.46. The molecule has 1 aliphatic heterocycles. The first-order valence-electron chi connectivity index (χ1n) is 10.1. The van der Waals surface area contributed by atoms with Gasteiger partial charge in [-0.3, -0.25) is 9.59 Å². The molecule has 2 aromatic rings. The summed E-state index contributed by atoms with van der Waals surface area (Å²) in [7, 11) is 0. The first kappa shape index (κ1) is 21.2. The van der Waals surface area contributed by atoms with Crippen molar-refractivity contribution in [1.82, 2.24) is 10.2 Å². The smallest absolute Gasteiger partial charge is 0.251 e. The van der Waals surface area contributed by atoms with Crippen molar-refractivity contribution in [3.05, 3.63) is 64.7 Å². The molecule has 2 amide bonds. The Balaban J connectivity index is 1.47. The fourth-order valence-corrected chi connectivity index (χ4v) is 3.78. The number of ether oxygens (including phenoxy) is 1. The van der Waals surface area contributed by atoms with Crippen LogP contribution in [0.25, 0.3) is 0 Å². The van der Waals surface area contributed by atoms with Crippen molar-refractivity contribution in [1.29, 1.82) is 0 Å². The summed E-state index contributed by atoms with van der Waals surface area (Å²) >= 11 is 5.84. The molecule has 1 heterocycles. The minimum atomic E-state index is -0.150. The third-order valence-corrected chi connectivity index (χ3v) is 5.36. The van der Waals surface area contributed by atoms with Crippen LogP contribution < -0.4 is 10.1 Å². The molecule has 5 nitrogen and oxygen atoms in total. The molecule has 0 spiro atoms. The van der Waals surface area contributed by atoms with Crippen molar-refractivity contribution in [2.75, 3.05) is 19.7 Å². The van der Waals surface area contributed by atoms with Gasteiger partial charge in [-0.15, -0.1) is 0 Å². The summed E-state index contributed by atoms with van der Waals surface area (Å²) in [6.07, 6.45) is 3.03. The van der Waals surface area contributed by atoms with Crippen LogP contribution in [0.2, 0.25) is 5.02 Å². The van der Waals surface area contributed by atoms with Crippen molar-refractivity contribution in [3.63, 3.8) is 0 Å². The van der Waals surface area contributed by atoms with Gasteiger partial charge in [0.1, 0.15) is 5.75 Å². The van der Waals surface area contributed by atoms with Crippen LogP contribution >= 0.6 is 11.6 Å². The van der Waals surface area contributed by atoms with Gasteiger partial charge in [-0.2, -0.15) is 0 Å². The number of amides is 2. The van der Waals surface area contributed by atoms with E-state index in [9.17, 15) is 9.59 Å². The van der Waals surface area contributed by atoms with E-state index in [1.165, 1.54) is 0 Å². The highest BCUT2D eigenvalue weighted by Gasteiger charge is 2.29. The van der Waals surface area contributed by atoms with Crippen molar-refractivity contribution >= 4 is 23.4 Å². The van der Waals surface area contributed by atoms with Gasteiger partial charge >= 0.3 is 0 Å². The lowest BCUT2D eigenvalue weighted by molar-refractivity contribution is -0.132. The molecule has 1 saturated heterocycles.